The van der Waals surface area contributed by atoms with Gasteiger partial charge < -0.3 is 15.4 Å². The molecular weight excluding hydrogens is 180 g/mol. The molecule has 1 saturated heterocycles. The molecule has 0 spiro atoms. The number of esters is 1. The molecule has 4 nitrogen and oxygen atoms in total. The van der Waals surface area contributed by atoms with E-state index in [2.05, 4.69) is 10.6 Å². The van der Waals surface area contributed by atoms with Gasteiger partial charge in [0.1, 0.15) is 0 Å². The van der Waals surface area contributed by atoms with Crippen molar-refractivity contribution in [3.63, 3.8) is 0 Å². The van der Waals surface area contributed by atoms with Gasteiger partial charge >= 0.3 is 5.97 Å². The summed E-state index contributed by atoms with van der Waals surface area (Å²) < 4.78 is 4.72. The first kappa shape index (κ1) is 13.4. The van der Waals surface area contributed by atoms with Crippen molar-refractivity contribution in [2.45, 2.75) is 26.3 Å². The first-order valence-electron chi connectivity index (χ1n) is 5.25. The summed E-state index contributed by atoms with van der Waals surface area (Å²) >= 11 is 0. The highest BCUT2D eigenvalue weighted by atomic mass is 16.5. The van der Waals surface area contributed by atoms with Crippen LogP contribution in [-0.2, 0) is 9.53 Å². The molecule has 1 aliphatic heterocycles. The smallest absolute Gasteiger partial charge is 0.310 e. The minimum atomic E-state index is -0.101. The number of hydrogen-bond acceptors (Lipinski definition) is 4. The van der Waals surface area contributed by atoms with E-state index in [1.165, 1.54) is 7.11 Å². The maximum absolute atomic E-state index is 11.2. The molecule has 1 heterocycles. The predicted octanol–water partition coefficient (Wildman–Crippen LogP) is 0.383. The minimum absolute atomic E-state index is 0.0150. The molecule has 0 aromatic heterocycles. The number of hydrogen-bond donors (Lipinski definition) is 2. The summed E-state index contributed by atoms with van der Waals surface area (Å²) in [5.74, 6) is -0.0860. The molecule has 14 heavy (non-hydrogen) atoms. The molecule has 0 bridgehead atoms. The Bertz CT molecular complexity index is 162. The van der Waals surface area contributed by atoms with Crippen molar-refractivity contribution < 1.29 is 9.53 Å². The molecule has 0 amide bonds. The summed E-state index contributed by atoms with van der Waals surface area (Å²) in [6, 6.07) is 0.214. The van der Waals surface area contributed by atoms with E-state index < -0.39 is 0 Å². The van der Waals surface area contributed by atoms with E-state index in [0.29, 0.717) is 0 Å². The van der Waals surface area contributed by atoms with Gasteiger partial charge in [0, 0.05) is 12.6 Å². The molecule has 84 valence electrons. The highest BCUT2D eigenvalue weighted by Crippen LogP contribution is 2.13. The van der Waals surface area contributed by atoms with Crippen LogP contribution in [-0.4, -0.2) is 39.3 Å². The Balaban J connectivity index is 0.000000791. The van der Waals surface area contributed by atoms with Crippen molar-refractivity contribution in [3.05, 3.63) is 0 Å². The number of rotatable bonds is 2. The zero-order valence-corrected chi connectivity index (χ0v) is 9.59. The zero-order chi connectivity index (χ0) is 11.0. The van der Waals surface area contributed by atoms with Gasteiger partial charge in [0.25, 0.3) is 0 Å². The fourth-order valence-corrected chi connectivity index (χ4v) is 1.60. The molecule has 2 N–H and O–H groups in total. The summed E-state index contributed by atoms with van der Waals surface area (Å²) in [7, 11) is 3.31. The van der Waals surface area contributed by atoms with Crippen LogP contribution in [0.25, 0.3) is 0 Å². The lowest BCUT2D eigenvalue weighted by Crippen LogP contribution is -2.50. The number of carbonyl (C=O) groups excluding carboxylic acids is 1. The van der Waals surface area contributed by atoms with E-state index in [-0.39, 0.29) is 17.9 Å². The van der Waals surface area contributed by atoms with Gasteiger partial charge in [0.2, 0.25) is 0 Å². The molecule has 0 saturated carbocycles. The number of nitrogens with one attached hydrogen (secondary N) is 2. The first-order valence-corrected chi connectivity index (χ1v) is 5.25. The average Bonchev–Trinajstić information content (AvgIpc) is 2.30. The maximum atomic E-state index is 11.2. The Morgan fingerprint density at radius 1 is 1.50 bits per heavy atom. The molecule has 2 atom stereocenters. The van der Waals surface area contributed by atoms with Crippen LogP contribution in [0.5, 0.6) is 0 Å². The van der Waals surface area contributed by atoms with Gasteiger partial charge in [-0.3, -0.25) is 4.79 Å². The van der Waals surface area contributed by atoms with Gasteiger partial charge in [-0.1, -0.05) is 13.8 Å². The second-order valence-electron chi connectivity index (χ2n) is 3.02. The van der Waals surface area contributed by atoms with Crippen molar-refractivity contribution in [2.75, 3.05) is 27.2 Å². The van der Waals surface area contributed by atoms with Gasteiger partial charge in [-0.05, 0) is 20.0 Å². The Hall–Kier alpha value is -0.610. The van der Waals surface area contributed by atoms with E-state index in [9.17, 15) is 4.79 Å². The maximum Gasteiger partial charge on any atom is 0.310 e. The molecule has 0 aliphatic carbocycles. The number of likely N-dealkylation sites (N-methyl/N-ethyl adjacent to an activating group) is 1. The Morgan fingerprint density at radius 3 is 2.64 bits per heavy atom. The summed E-state index contributed by atoms with van der Waals surface area (Å²) in [5.41, 5.74) is 0. The zero-order valence-electron chi connectivity index (χ0n) is 9.59. The Morgan fingerprint density at radius 2 is 2.14 bits per heavy atom. The van der Waals surface area contributed by atoms with Crippen LogP contribution >= 0.6 is 0 Å². The van der Waals surface area contributed by atoms with Crippen LogP contribution in [0, 0.1) is 5.92 Å². The second kappa shape index (κ2) is 7.76. The Labute approximate surface area is 86.4 Å². The van der Waals surface area contributed by atoms with E-state index in [0.717, 1.165) is 19.5 Å². The fourth-order valence-electron chi connectivity index (χ4n) is 1.60. The summed E-state index contributed by atoms with van der Waals surface area (Å²) in [4.78, 5) is 11.2. The monoisotopic (exact) mass is 202 g/mol. The highest BCUT2D eigenvalue weighted by Gasteiger charge is 2.30. The van der Waals surface area contributed by atoms with E-state index in [1.54, 1.807) is 0 Å². The molecule has 1 aliphatic rings. The molecule has 0 radical (unpaired) electrons. The topological polar surface area (TPSA) is 50.4 Å². The molecule has 4 heteroatoms. The SMILES string of the molecule is CC.CNC1CNCCC1C(=O)OC. The normalized spacial score (nSPS) is 26.0. The quantitative estimate of drug-likeness (QED) is 0.636. The van der Waals surface area contributed by atoms with Crippen LogP contribution in [0.1, 0.15) is 20.3 Å². The van der Waals surface area contributed by atoms with Crippen LogP contribution in [0.2, 0.25) is 0 Å². The lowest BCUT2D eigenvalue weighted by Gasteiger charge is -2.29. The van der Waals surface area contributed by atoms with Crippen LogP contribution in [0.4, 0.5) is 0 Å². The van der Waals surface area contributed by atoms with Crippen LogP contribution in [0.15, 0.2) is 0 Å². The average molecular weight is 202 g/mol. The number of methoxy groups -OCH3 is 1. The largest absolute Gasteiger partial charge is 0.469 e. The van der Waals surface area contributed by atoms with Crippen molar-refractivity contribution >= 4 is 5.97 Å². The molecule has 0 aromatic rings. The van der Waals surface area contributed by atoms with Crippen molar-refractivity contribution in [1.29, 1.82) is 0 Å². The molecule has 2 unspecified atom stereocenters. The summed E-state index contributed by atoms with van der Waals surface area (Å²) in [6.07, 6.45) is 0.859. The molecule has 1 fully saturated rings. The summed E-state index contributed by atoms with van der Waals surface area (Å²) in [5, 5.41) is 6.33. The summed E-state index contributed by atoms with van der Waals surface area (Å²) in [6.45, 7) is 5.74. The highest BCUT2D eigenvalue weighted by molar-refractivity contribution is 5.73. The fraction of sp³-hybridized carbons (Fsp3) is 0.900. The van der Waals surface area contributed by atoms with Crippen LogP contribution in [0.3, 0.4) is 0 Å². The van der Waals surface area contributed by atoms with E-state index in [1.807, 2.05) is 20.9 Å². The van der Waals surface area contributed by atoms with Crippen LogP contribution < -0.4 is 10.6 Å². The third-order valence-electron chi connectivity index (χ3n) is 2.36. The van der Waals surface area contributed by atoms with Gasteiger partial charge in [-0.2, -0.15) is 0 Å². The lowest BCUT2D eigenvalue weighted by atomic mass is 9.93. The van der Waals surface area contributed by atoms with Gasteiger partial charge in [0.15, 0.2) is 0 Å². The van der Waals surface area contributed by atoms with Crippen molar-refractivity contribution in [2.24, 2.45) is 5.92 Å². The predicted molar refractivity (Wildman–Crippen MR) is 57.2 cm³/mol. The number of ether oxygens (including phenoxy) is 1. The first-order chi connectivity index (χ1) is 6.79. The molecule has 1 rings (SSSR count). The van der Waals surface area contributed by atoms with Crippen molar-refractivity contribution in [1.82, 2.24) is 10.6 Å². The third kappa shape index (κ3) is 3.64. The second-order valence-corrected chi connectivity index (χ2v) is 3.02. The minimum Gasteiger partial charge on any atom is -0.469 e. The third-order valence-corrected chi connectivity index (χ3v) is 2.36. The number of carbonyl (C=O) groups is 1. The lowest BCUT2D eigenvalue weighted by molar-refractivity contribution is -0.147. The Kier molecular flexibility index (Phi) is 7.42. The van der Waals surface area contributed by atoms with Crippen molar-refractivity contribution in [3.8, 4) is 0 Å². The van der Waals surface area contributed by atoms with Gasteiger partial charge in [0.05, 0.1) is 13.0 Å². The van der Waals surface area contributed by atoms with Gasteiger partial charge in [-0.25, -0.2) is 0 Å². The standard InChI is InChI=1S/C8H16N2O2.C2H6/c1-9-7-5-10-4-3-6(7)8(11)12-2;1-2/h6-7,9-10H,3-5H2,1-2H3;1-2H3. The molecule has 0 aromatic carbocycles. The van der Waals surface area contributed by atoms with E-state index >= 15 is 0 Å². The number of piperidine rings is 1. The van der Waals surface area contributed by atoms with E-state index in [4.69, 9.17) is 4.74 Å². The van der Waals surface area contributed by atoms with Gasteiger partial charge in [-0.15, -0.1) is 0 Å². The molecular formula is C10H22N2O2.